The van der Waals surface area contributed by atoms with Gasteiger partial charge in [-0.2, -0.15) is 4.98 Å². The zero-order chi connectivity index (χ0) is 15.1. The van der Waals surface area contributed by atoms with Crippen molar-refractivity contribution in [3.63, 3.8) is 0 Å². The van der Waals surface area contributed by atoms with Gasteiger partial charge in [0, 0.05) is 6.54 Å². The van der Waals surface area contributed by atoms with E-state index in [9.17, 15) is 0 Å². The van der Waals surface area contributed by atoms with Crippen molar-refractivity contribution in [1.82, 2.24) is 4.98 Å². The van der Waals surface area contributed by atoms with E-state index in [1.165, 1.54) is 5.56 Å². The lowest BCUT2D eigenvalue weighted by atomic mass is 10.1. The first-order valence-corrected chi connectivity index (χ1v) is 6.99. The Bertz CT molecular complexity index is 587. The molecule has 0 saturated heterocycles. The Labute approximate surface area is 125 Å². The molecule has 1 aromatic heterocycles. The maximum absolute atomic E-state index is 5.80. The number of rotatable bonds is 7. The number of aromatic nitrogens is 1. The van der Waals surface area contributed by atoms with Crippen molar-refractivity contribution in [1.29, 1.82) is 0 Å². The Hall–Kier alpha value is -2.43. The Morgan fingerprint density at radius 1 is 1.24 bits per heavy atom. The number of methoxy groups -OCH3 is 1. The minimum absolute atomic E-state index is 0.476. The van der Waals surface area contributed by atoms with Gasteiger partial charge in [0.25, 0.3) is 0 Å². The summed E-state index contributed by atoms with van der Waals surface area (Å²) < 4.78 is 10.6. The van der Waals surface area contributed by atoms with Crippen LogP contribution in [0.15, 0.2) is 36.4 Å². The molecule has 0 radical (unpaired) electrons. The summed E-state index contributed by atoms with van der Waals surface area (Å²) in [6.45, 7) is 3.23. The first-order chi connectivity index (χ1) is 10.2. The van der Waals surface area contributed by atoms with Gasteiger partial charge in [-0.05, 0) is 43.2 Å². The fourth-order valence-corrected chi connectivity index (χ4v) is 1.96. The van der Waals surface area contributed by atoms with E-state index >= 15 is 0 Å². The van der Waals surface area contributed by atoms with Crippen LogP contribution < -0.4 is 20.5 Å². The summed E-state index contributed by atoms with van der Waals surface area (Å²) in [5.74, 6) is 2.11. The number of pyridine rings is 1. The van der Waals surface area contributed by atoms with E-state index in [1.54, 1.807) is 13.2 Å². The molecule has 2 rings (SSSR count). The molecule has 3 N–H and O–H groups in total. The number of nitrogens with zero attached hydrogens (tertiary/aromatic N) is 1. The summed E-state index contributed by atoms with van der Waals surface area (Å²) in [6.07, 6.45) is 0.882. The third-order valence-corrected chi connectivity index (χ3v) is 3.02. The van der Waals surface area contributed by atoms with Crippen LogP contribution >= 0.6 is 0 Å². The number of anilines is 2. The van der Waals surface area contributed by atoms with Crippen LogP contribution in [0, 0.1) is 0 Å². The van der Waals surface area contributed by atoms with E-state index in [-0.39, 0.29) is 0 Å². The second kappa shape index (κ2) is 7.38. The van der Waals surface area contributed by atoms with Crippen molar-refractivity contribution >= 4 is 11.5 Å². The van der Waals surface area contributed by atoms with Crippen LogP contribution in [-0.2, 0) is 6.42 Å². The summed E-state index contributed by atoms with van der Waals surface area (Å²) in [6, 6.07) is 11.7. The van der Waals surface area contributed by atoms with Crippen molar-refractivity contribution in [2.75, 3.05) is 31.3 Å². The monoisotopic (exact) mass is 287 g/mol. The van der Waals surface area contributed by atoms with E-state index in [2.05, 4.69) is 16.4 Å². The molecule has 0 aliphatic carbocycles. The second-order valence-electron chi connectivity index (χ2n) is 4.55. The maximum atomic E-state index is 5.80. The van der Waals surface area contributed by atoms with Gasteiger partial charge in [0.05, 0.1) is 19.4 Å². The highest BCUT2D eigenvalue weighted by atomic mass is 16.5. The molecule has 0 saturated carbocycles. The molecule has 5 nitrogen and oxygen atoms in total. The molecule has 0 atom stereocenters. The second-order valence-corrected chi connectivity index (χ2v) is 4.55. The van der Waals surface area contributed by atoms with Gasteiger partial charge in [-0.25, -0.2) is 0 Å². The lowest BCUT2D eigenvalue weighted by Gasteiger charge is -2.10. The van der Waals surface area contributed by atoms with E-state index in [1.807, 2.05) is 31.2 Å². The van der Waals surface area contributed by atoms with Gasteiger partial charge in [-0.3, -0.25) is 0 Å². The lowest BCUT2D eigenvalue weighted by Crippen LogP contribution is -2.08. The summed E-state index contributed by atoms with van der Waals surface area (Å²) >= 11 is 0. The molecule has 21 heavy (non-hydrogen) atoms. The Balaban J connectivity index is 1.92. The third-order valence-electron chi connectivity index (χ3n) is 3.02. The smallest absolute Gasteiger partial charge is 0.239 e. The van der Waals surface area contributed by atoms with Gasteiger partial charge in [-0.1, -0.05) is 12.1 Å². The maximum Gasteiger partial charge on any atom is 0.239 e. The number of hydrogen-bond acceptors (Lipinski definition) is 5. The van der Waals surface area contributed by atoms with Crippen molar-refractivity contribution in [3.8, 4) is 11.6 Å². The molecular formula is C16H21N3O2. The van der Waals surface area contributed by atoms with Crippen molar-refractivity contribution in [2.45, 2.75) is 13.3 Å². The highest BCUT2D eigenvalue weighted by molar-refractivity contribution is 5.53. The topological polar surface area (TPSA) is 69.4 Å². The quantitative estimate of drug-likeness (QED) is 0.819. The fourth-order valence-electron chi connectivity index (χ4n) is 1.96. The minimum atomic E-state index is 0.476. The van der Waals surface area contributed by atoms with E-state index in [0.717, 1.165) is 24.5 Å². The zero-order valence-corrected chi connectivity index (χ0v) is 12.4. The molecule has 0 aliphatic rings. The largest absolute Gasteiger partial charge is 0.497 e. The molecule has 0 fully saturated rings. The third kappa shape index (κ3) is 4.27. The molecule has 0 amide bonds. The molecule has 1 aromatic carbocycles. The van der Waals surface area contributed by atoms with Crippen LogP contribution in [-0.4, -0.2) is 25.2 Å². The van der Waals surface area contributed by atoms with Crippen molar-refractivity contribution in [3.05, 3.63) is 42.0 Å². The van der Waals surface area contributed by atoms with Crippen LogP contribution in [0.4, 0.5) is 11.5 Å². The van der Waals surface area contributed by atoms with Gasteiger partial charge < -0.3 is 20.5 Å². The molecule has 2 aromatic rings. The zero-order valence-electron chi connectivity index (χ0n) is 12.4. The number of ether oxygens (including phenoxy) is 2. The average Bonchev–Trinajstić information content (AvgIpc) is 2.51. The number of nitrogens with two attached hydrogens (primary N) is 1. The highest BCUT2D eigenvalue weighted by Crippen LogP contribution is 2.20. The first kappa shape index (κ1) is 15.0. The van der Waals surface area contributed by atoms with Gasteiger partial charge in [0.15, 0.2) is 0 Å². The van der Waals surface area contributed by atoms with Crippen molar-refractivity contribution < 1.29 is 9.47 Å². The standard InChI is InChI=1S/C16H21N3O2/c1-3-21-16-14(17)7-8-15(19-16)18-10-9-12-5-4-6-13(11-12)20-2/h4-8,11H,3,9-10,17H2,1-2H3,(H,18,19). The average molecular weight is 287 g/mol. The van der Waals surface area contributed by atoms with Crippen LogP contribution in [0.3, 0.4) is 0 Å². The van der Waals surface area contributed by atoms with Crippen molar-refractivity contribution in [2.24, 2.45) is 0 Å². The lowest BCUT2D eigenvalue weighted by molar-refractivity contribution is 0.329. The number of nitrogen functional groups attached to an aromatic ring is 1. The van der Waals surface area contributed by atoms with Gasteiger partial charge in [-0.15, -0.1) is 0 Å². The fraction of sp³-hybridized carbons (Fsp3) is 0.312. The SMILES string of the molecule is CCOc1nc(NCCc2cccc(OC)c2)ccc1N. The van der Waals surface area contributed by atoms with E-state index < -0.39 is 0 Å². The molecular weight excluding hydrogens is 266 g/mol. The van der Waals surface area contributed by atoms with Crippen LogP contribution in [0.5, 0.6) is 11.6 Å². The van der Waals surface area contributed by atoms with Crippen LogP contribution in [0.1, 0.15) is 12.5 Å². The number of benzene rings is 1. The van der Waals surface area contributed by atoms with Crippen LogP contribution in [0.25, 0.3) is 0 Å². The van der Waals surface area contributed by atoms with Gasteiger partial charge in [0.1, 0.15) is 11.6 Å². The molecule has 112 valence electrons. The van der Waals surface area contributed by atoms with Gasteiger partial charge >= 0.3 is 0 Å². The normalized spacial score (nSPS) is 10.2. The van der Waals surface area contributed by atoms with Gasteiger partial charge in [0.2, 0.25) is 5.88 Å². The minimum Gasteiger partial charge on any atom is -0.497 e. The Morgan fingerprint density at radius 2 is 2.10 bits per heavy atom. The summed E-state index contributed by atoms with van der Waals surface area (Å²) in [4.78, 5) is 4.34. The summed E-state index contributed by atoms with van der Waals surface area (Å²) in [5.41, 5.74) is 7.56. The Kier molecular flexibility index (Phi) is 5.26. The van der Waals surface area contributed by atoms with Crippen LogP contribution in [0.2, 0.25) is 0 Å². The van der Waals surface area contributed by atoms with E-state index in [4.69, 9.17) is 15.2 Å². The molecule has 1 heterocycles. The summed E-state index contributed by atoms with van der Waals surface area (Å²) in [7, 11) is 1.67. The summed E-state index contributed by atoms with van der Waals surface area (Å²) in [5, 5.41) is 3.27. The Morgan fingerprint density at radius 3 is 2.86 bits per heavy atom. The molecule has 0 aliphatic heterocycles. The highest BCUT2D eigenvalue weighted by Gasteiger charge is 2.03. The number of nitrogens with one attached hydrogen (secondary N) is 1. The molecule has 5 heteroatoms. The molecule has 0 unspecified atom stereocenters. The predicted octanol–water partition coefficient (Wildman–Crippen LogP) is 2.73. The number of hydrogen-bond donors (Lipinski definition) is 2. The first-order valence-electron chi connectivity index (χ1n) is 6.99. The molecule has 0 spiro atoms. The predicted molar refractivity (Wildman–Crippen MR) is 85.0 cm³/mol. The van der Waals surface area contributed by atoms with E-state index in [0.29, 0.717) is 18.2 Å². The molecule has 0 bridgehead atoms.